The Kier molecular flexibility index (Phi) is 8.68. The number of ether oxygens (including phenoxy) is 2. The third-order valence-corrected chi connectivity index (χ3v) is 13.1. The normalized spacial score (nSPS) is 51.4. The molecule has 0 spiro atoms. The van der Waals surface area contributed by atoms with Gasteiger partial charge in [0.25, 0.3) is 0 Å². The molecule has 12 unspecified atom stereocenters. The van der Waals surface area contributed by atoms with Crippen LogP contribution in [0.5, 0.6) is 0 Å². The number of hydrogen-bond acceptors (Lipinski definition) is 7. The maximum absolute atomic E-state index is 6.67. The SMILES string of the molecule is C1CCC(C2NC(C3CCCC(C4NC5CCCCC5O4)C3)NC(C3CCCC(C4NC5CCCCC5O4)C3)N2)C1. The molecule has 5 saturated carbocycles. The predicted octanol–water partition coefficient (Wildman–Crippen LogP) is 5.06. The Morgan fingerprint density at radius 1 is 0.341 bits per heavy atom. The molecule has 8 fully saturated rings. The third kappa shape index (κ3) is 6.04. The summed E-state index contributed by atoms with van der Waals surface area (Å²) >= 11 is 0. The number of hydrogen-bond donors (Lipinski definition) is 5. The predicted molar refractivity (Wildman–Crippen MR) is 162 cm³/mol. The van der Waals surface area contributed by atoms with Gasteiger partial charge in [-0.15, -0.1) is 0 Å². The van der Waals surface area contributed by atoms with Gasteiger partial charge in [-0.3, -0.25) is 26.6 Å². The van der Waals surface area contributed by atoms with Crippen LogP contribution in [0.3, 0.4) is 0 Å². The summed E-state index contributed by atoms with van der Waals surface area (Å²) in [5.41, 5.74) is 0. The fourth-order valence-electron chi connectivity index (χ4n) is 10.8. The second kappa shape index (κ2) is 12.6. The third-order valence-electron chi connectivity index (χ3n) is 13.1. The van der Waals surface area contributed by atoms with Crippen molar-refractivity contribution in [3.63, 3.8) is 0 Å². The first-order chi connectivity index (χ1) is 20.3. The Labute approximate surface area is 249 Å². The molecule has 8 rings (SSSR count). The average molecular weight is 570 g/mol. The van der Waals surface area contributed by atoms with Crippen molar-refractivity contribution in [1.29, 1.82) is 0 Å². The summed E-state index contributed by atoms with van der Waals surface area (Å²) in [7, 11) is 0. The Balaban J connectivity index is 0.936. The first-order valence-electron chi connectivity index (χ1n) is 18.4. The number of fused-ring (bicyclic) bond motifs is 2. The first-order valence-corrected chi connectivity index (χ1v) is 18.4. The molecule has 3 aliphatic heterocycles. The highest BCUT2D eigenvalue weighted by Gasteiger charge is 2.46. The van der Waals surface area contributed by atoms with Gasteiger partial charge in [0.15, 0.2) is 0 Å². The standard InChI is InChI=1S/C34H59N5O2/c1-2-10-21(9-1)30-37-31(22-11-7-13-24(19-22)33-35-26-15-3-5-17-28(26)40-33)39-32(38-30)23-12-8-14-25(20-23)34-36-27-16-4-6-18-29(27)41-34/h21-39H,1-20H2. The largest absolute Gasteiger partial charge is 0.358 e. The molecule has 0 aromatic carbocycles. The molecular weight excluding hydrogens is 510 g/mol. The minimum absolute atomic E-state index is 0.288. The van der Waals surface area contributed by atoms with Gasteiger partial charge in [-0.2, -0.15) is 0 Å². The molecule has 12 atom stereocenters. The molecule has 7 nitrogen and oxygen atoms in total. The van der Waals surface area contributed by atoms with Crippen molar-refractivity contribution >= 4 is 0 Å². The lowest BCUT2D eigenvalue weighted by atomic mass is 9.76. The van der Waals surface area contributed by atoms with Crippen molar-refractivity contribution in [2.45, 2.75) is 184 Å². The molecule has 41 heavy (non-hydrogen) atoms. The van der Waals surface area contributed by atoms with Crippen molar-refractivity contribution in [2.24, 2.45) is 29.6 Å². The van der Waals surface area contributed by atoms with Crippen molar-refractivity contribution in [2.75, 3.05) is 0 Å². The summed E-state index contributed by atoms with van der Waals surface area (Å²) in [5, 5.41) is 20.5. The lowest BCUT2D eigenvalue weighted by molar-refractivity contribution is -0.0349. The summed E-state index contributed by atoms with van der Waals surface area (Å²) in [4.78, 5) is 0. The van der Waals surface area contributed by atoms with Crippen LogP contribution < -0.4 is 26.6 Å². The summed E-state index contributed by atoms with van der Waals surface area (Å²) in [6, 6.07) is 1.23. The summed E-state index contributed by atoms with van der Waals surface area (Å²) in [6.07, 6.45) is 29.6. The zero-order valence-electron chi connectivity index (χ0n) is 25.5. The Morgan fingerprint density at radius 3 is 1.22 bits per heavy atom. The summed E-state index contributed by atoms with van der Waals surface area (Å²) in [6.45, 7) is 0. The molecule has 3 saturated heterocycles. The molecule has 3 heterocycles. The van der Waals surface area contributed by atoms with Crippen LogP contribution >= 0.6 is 0 Å². The van der Waals surface area contributed by atoms with E-state index in [0.717, 1.165) is 5.92 Å². The highest BCUT2D eigenvalue weighted by Crippen LogP contribution is 2.41. The van der Waals surface area contributed by atoms with Crippen LogP contribution in [0.4, 0.5) is 0 Å². The van der Waals surface area contributed by atoms with Crippen LogP contribution in [0.2, 0.25) is 0 Å². The smallest absolute Gasteiger partial charge is 0.111 e. The van der Waals surface area contributed by atoms with Crippen LogP contribution in [-0.2, 0) is 9.47 Å². The van der Waals surface area contributed by atoms with Crippen LogP contribution in [-0.4, -0.2) is 55.2 Å². The number of nitrogens with one attached hydrogen (secondary N) is 5. The van der Waals surface area contributed by atoms with E-state index in [4.69, 9.17) is 9.47 Å². The molecular formula is C34H59N5O2. The molecule has 0 radical (unpaired) electrons. The molecule has 0 bridgehead atoms. The van der Waals surface area contributed by atoms with Gasteiger partial charge in [0.05, 0.1) is 30.7 Å². The zero-order valence-corrected chi connectivity index (χ0v) is 25.5. The Morgan fingerprint density at radius 2 is 0.732 bits per heavy atom. The van der Waals surface area contributed by atoms with Gasteiger partial charge >= 0.3 is 0 Å². The summed E-state index contributed by atoms with van der Waals surface area (Å²) in [5.74, 6) is 3.49. The maximum atomic E-state index is 6.67. The van der Waals surface area contributed by atoms with Gasteiger partial charge in [0.1, 0.15) is 12.5 Å². The van der Waals surface area contributed by atoms with Gasteiger partial charge in [-0.1, -0.05) is 51.4 Å². The van der Waals surface area contributed by atoms with E-state index < -0.39 is 0 Å². The summed E-state index contributed by atoms with van der Waals surface area (Å²) < 4.78 is 13.3. The first kappa shape index (κ1) is 28.2. The lowest BCUT2D eigenvalue weighted by Gasteiger charge is -2.49. The highest BCUT2D eigenvalue weighted by molar-refractivity contribution is 4.99. The van der Waals surface area contributed by atoms with E-state index in [1.807, 2.05) is 0 Å². The second-order valence-corrected chi connectivity index (χ2v) is 15.7. The molecule has 7 heteroatoms. The van der Waals surface area contributed by atoms with Crippen LogP contribution in [0, 0.1) is 29.6 Å². The Hall–Kier alpha value is -0.280. The molecule has 5 N–H and O–H groups in total. The molecule has 0 aromatic heterocycles. The molecule has 0 aromatic rings. The van der Waals surface area contributed by atoms with Gasteiger partial charge < -0.3 is 9.47 Å². The van der Waals surface area contributed by atoms with Gasteiger partial charge in [-0.05, 0) is 107 Å². The quantitative estimate of drug-likeness (QED) is 0.317. The van der Waals surface area contributed by atoms with Gasteiger partial charge in [-0.25, -0.2) is 0 Å². The van der Waals surface area contributed by atoms with E-state index in [-0.39, 0.29) is 12.5 Å². The lowest BCUT2D eigenvalue weighted by Crippen LogP contribution is -2.72. The molecule has 8 aliphatic rings. The van der Waals surface area contributed by atoms with E-state index in [2.05, 4.69) is 26.6 Å². The van der Waals surface area contributed by atoms with Crippen LogP contribution in [0.15, 0.2) is 0 Å². The monoisotopic (exact) mass is 569 g/mol. The van der Waals surface area contributed by atoms with E-state index in [1.165, 1.54) is 128 Å². The van der Waals surface area contributed by atoms with Crippen molar-refractivity contribution in [3.8, 4) is 0 Å². The van der Waals surface area contributed by atoms with Gasteiger partial charge in [0.2, 0.25) is 0 Å². The van der Waals surface area contributed by atoms with E-state index in [0.29, 0.717) is 66.5 Å². The fraction of sp³-hybridized carbons (Fsp3) is 1.00. The van der Waals surface area contributed by atoms with Gasteiger partial charge in [0, 0.05) is 12.1 Å². The second-order valence-electron chi connectivity index (χ2n) is 15.7. The number of rotatable bonds is 5. The Bertz CT molecular complexity index is 782. The van der Waals surface area contributed by atoms with E-state index >= 15 is 0 Å². The van der Waals surface area contributed by atoms with Crippen LogP contribution in [0.25, 0.3) is 0 Å². The maximum Gasteiger partial charge on any atom is 0.111 e. The zero-order chi connectivity index (χ0) is 27.2. The van der Waals surface area contributed by atoms with E-state index in [1.54, 1.807) is 0 Å². The molecule has 0 amide bonds. The van der Waals surface area contributed by atoms with Crippen molar-refractivity contribution in [3.05, 3.63) is 0 Å². The minimum atomic E-state index is 0.288. The topological polar surface area (TPSA) is 78.6 Å². The molecule has 232 valence electrons. The van der Waals surface area contributed by atoms with E-state index in [9.17, 15) is 0 Å². The van der Waals surface area contributed by atoms with Crippen LogP contribution in [0.1, 0.15) is 128 Å². The fourth-order valence-corrected chi connectivity index (χ4v) is 10.8. The van der Waals surface area contributed by atoms with Crippen molar-refractivity contribution < 1.29 is 9.47 Å². The van der Waals surface area contributed by atoms with Crippen molar-refractivity contribution in [1.82, 2.24) is 26.6 Å². The highest BCUT2D eigenvalue weighted by atomic mass is 16.5. The molecule has 5 aliphatic carbocycles. The minimum Gasteiger partial charge on any atom is -0.358 e. The average Bonchev–Trinajstić information content (AvgIpc) is 3.81.